The number of nitrogens with zero attached hydrogens (tertiary/aromatic N) is 1. The largest absolute Gasteiger partial charge is 0.369 e. The first-order valence-electron chi connectivity index (χ1n) is 6.79. The number of benzene rings is 1. The summed E-state index contributed by atoms with van der Waals surface area (Å²) in [5.74, 6) is 0.621. The van der Waals surface area contributed by atoms with E-state index in [1.54, 1.807) is 0 Å². The summed E-state index contributed by atoms with van der Waals surface area (Å²) in [4.78, 5) is 2.49. The van der Waals surface area contributed by atoms with Crippen LogP contribution in [0.15, 0.2) is 24.3 Å². The third kappa shape index (κ3) is 3.01. The summed E-state index contributed by atoms with van der Waals surface area (Å²) < 4.78 is 0. The Morgan fingerprint density at radius 2 is 2.00 bits per heavy atom. The van der Waals surface area contributed by atoms with Crippen molar-refractivity contribution in [3.05, 3.63) is 29.8 Å². The molecule has 0 aromatic heterocycles. The number of rotatable bonds is 3. The second-order valence-electron chi connectivity index (χ2n) is 5.25. The molecule has 2 nitrogen and oxygen atoms in total. The highest BCUT2D eigenvalue weighted by Crippen LogP contribution is 2.21. The minimum absolute atomic E-state index is 0.621. The lowest BCUT2D eigenvalue weighted by atomic mass is 10.0. The van der Waals surface area contributed by atoms with E-state index < -0.39 is 0 Å². The highest BCUT2D eigenvalue weighted by Gasteiger charge is 2.17. The Morgan fingerprint density at radius 3 is 2.59 bits per heavy atom. The number of anilines is 1. The van der Waals surface area contributed by atoms with Gasteiger partial charge in [0.25, 0.3) is 0 Å². The van der Waals surface area contributed by atoms with Gasteiger partial charge in [-0.3, -0.25) is 0 Å². The fourth-order valence-corrected chi connectivity index (χ4v) is 2.40. The summed E-state index contributed by atoms with van der Waals surface area (Å²) in [5.41, 5.74) is 2.80. The van der Waals surface area contributed by atoms with Crippen LogP contribution in [0, 0.1) is 0 Å². The molecule has 0 aliphatic carbocycles. The smallest absolute Gasteiger partial charge is 0.0367 e. The normalized spacial score (nSPS) is 20.9. The van der Waals surface area contributed by atoms with Crippen LogP contribution in [0.25, 0.3) is 0 Å². The molecule has 1 aromatic carbocycles. The van der Waals surface area contributed by atoms with Gasteiger partial charge in [0.2, 0.25) is 0 Å². The number of nitrogens with one attached hydrogen (secondary N) is 1. The maximum atomic E-state index is 3.56. The maximum Gasteiger partial charge on any atom is 0.0367 e. The van der Waals surface area contributed by atoms with Gasteiger partial charge in [-0.1, -0.05) is 32.9 Å². The van der Waals surface area contributed by atoms with Gasteiger partial charge < -0.3 is 10.2 Å². The van der Waals surface area contributed by atoms with Crippen LogP contribution in [0.2, 0.25) is 0 Å². The Kier molecular flexibility index (Phi) is 4.06. The summed E-state index contributed by atoms with van der Waals surface area (Å²) in [6.45, 7) is 10.1. The molecule has 94 valence electrons. The quantitative estimate of drug-likeness (QED) is 0.862. The molecule has 0 radical (unpaired) electrons. The monoisotopic (exact) mass is 232 g/mol. The van der Waals surface area contributed by atoms with Gasteiger partial charge in [-0.15, -0.1) is 0 Å². The average Bonchev–Trinajstić information content (AvgIpc) is 2.39. The Hall–Kier alpha value is -1.02. The molecule has 1 aliphatic heterocycles. The van der Waals surface area contributed by atoms with Crippen LogP contribution in [0.1, 0.15) is 38.7 Å². The average molecular weight is 232 g/mol. The first-order chi connectivity index (χ1) is 8.20. The molecule has 0 spiro atoms. The van der Waals surface area contributed by atoms with Crippen molar-refractivity contribution in [1.29, 1.82) is 0 Å². The Labute approximate surface area is 105 Å². The van der Waals surface area contributed by atoms with Gasteiger partial charge >= 0.3 is 0 Å². The molecule has 1 aliphatic rings. The van der Waals surface area contributed by atoms with E-state index in [0.717, 1.165) is 19.6 Å². The van der Waals surface area contributed by atoms with E-state index in [9.17, 15) is 0 Å². The van der Waals surface area contributed by atoms with Crippen molar-refractivity contribution < 1.29 is 0 Å². The van der Waals surface area contributed by atoms with E-state index >= 15 is 0 Å². The lowest BCUT2D eigenvalue weighted by Gasteiger charge is -2.35. The van der Waals surface area contributed by atoms with E-state index in [1.165, 1.54) is 17.7 Å². The zero-order valence-electron chi connectivity index (χ0n) is 11.2. The van der Waals surface area contributed by atoms with Crippen LogP contribution >= 0.6 is 0 Å². The molecule has 1 fully saturated rings. The topological polar surface area (TPSA) is 15.3 Å². The van der Waals surface area contributed by atoms with Crippen molar-refractivity contribution >= 4 is 5.69 Å². The third-order valence-electron chi connectivity index (χ3n) is 3.67. The minimum atomic E-state index is 0.621. The van der Waals surface area contributed by atoms with Gasteiger partial charge in [0.1, 0.15) is 0 Å². The van der Waals surface area contributed by atoms with Crippen molar-refractivity contribution in [2.24, 2.45) is 0 Å². The van der Waals surface area contributed by atoms with E-state index in [4.69, 9.17) is 0 Å². The summed E-state index contributed by atoms with van der Waals surface area (Å²) in [7, 11) is 0. The molecule has 1 N–H and O–H groups in total. The number of piperazine rings is 1. The summed E-state index contributed by atoms with van der Waals surface area (Å²) in [6.07, 6.45) is 1.21. The maximum absolute atomic E-state index is 3.56. The van der Waals surface area contributed by atoms with E-state index in [2.05, 4.69) is 55.3 Å². The van der Waals surface area contributed by atoms with Crippen LogP contribution in [0.5, 0.6) is 0 Å². The van der Waals surface area contributed by atoms with Gasteiger partial charge in [0, 0.05) is 31.4 Å². The van der Waals surface area contributed by atoms with Crippen LogP contribution in [0.4, 0.5) is 5.69 Å². The second-order valence-corrected chi connectivity index (χ2v) is 5.25. The molecule has 0 bridgehead atoms. The first kappa shape index (κ1) is 12.4. The van der Waals surface area contributed by atoms with Crippen molar-refractivity contribution in [2.45, 2.75) is 39.2 Å². The van der Waals surface area contributed by atoms with Crippen molar-refractivity contribution in [2.75, 3.05) is 24.5 Å². The SMILES string of the molecule is CCC1CN(c2ccc(C(C)C)cc2)CCN1. The van der Waals surface area contributed by atoms with Crippen LogP contribution in [0.3, 0.4) is 0 Å². The van der Waals surface area contributed by atoms with Gasteiger partial charge in [-0.25, -0.2) is 0 Å². The summed E-state index contributed by atoms with van der Waals surface area (Å²) in [6, 6.07) is 9.72. The van der Waals surface area contributed by atoms with E-state index in [1.807, 2.05) is 0 Å². The van der Waals surface area contributed by atoms with Gasteiger partial charge in [0.05, 0.1) is 0 Å². The Balaban J connectivity index is 2.06. The van der Waals surface area contributed by atoms with E-state index in [0.29, 0.717) is 12.0 Å². The minimum Gasteiger partial charge on any atom is -0.369 e. The highest BCUT2D eigenvalue weighted by molar-refractivity contribution is 5.48. The molecule has 1 aromatic rings. The van der Waals surface area contributed by atoms with Crippen molar-refractivity contribution in [1.82, 2.24) is 5.32 Å². The molecular formula is C15H24N2. The fraction of sp³-hybridized carbons (Fsp3) is 0.600. The van der Waals surface area contributed by atoms with Gasteiger partial charge in [-0.05, 0) is 30.0 Å². The number of hydrogen-bond donors (Lipinski definition) is 1. The van der Waals surface area contributed by atoms with Crippen LogP contribution < -0.4 is 10.2 Å². The highest BCUT2D eigenvalue weighted by atomic mass is 15.2. The van der Waals surface area contributed by atoms with Gasteiger partial charge in [-0.2, -0.15) is 0 Å². The predicted octanol–water partition coefficient (Wildman–Crippen LogP) is 3.00. The third-order valence-corrected chi connectivity index (χ3v) is 3.67. The standard InChI is InChI=1S/C15H24N2/c1-4-14-11-17(10-9-16-14)15-7-5-13(6-8-15)12(2)3/h5-8,12,14,16H,4,9-11H2,1-3H3. The predicted molar refractivity (Wildman–Crippen MR) is 74.8 cm³/mol. The molecule has 2 heteroatoms. The summed E-state index contributed by atoms with van der Waals surface area (Å²) in [5, 5.41) is 3.56. The zero-order chi connectivity index (χ0) is 12.3. The molecule has 0 amide bonds. The molecule has 17 heavy (non-hydrogen) atoms. The molecule has 0 saturated carbocycles. The van der Waals surface area contributed by atoms with Gasteiger partial charge in [0.15, 0.2) is 0 Å². The molecule has 1 atom stereocenters. The molecule has 2 rings (SSSR count). The molecular weight excluding hydrogens is 208 g/mol. The van der Waals surface area contributed by atoms with Crippen LogP contribution in [-0.4, -0.2) is 25.7 Å². The Bertz CT molecular complexity index is 342. The van der Waals surface area contributed by atoms with E-state index in [-0.39, 0.29) is 0 Å². The second kappa shape index (κ2) is 5.54. The molecule has 1 unspecified atom stereocenters. The first-order valence-corrected chi connectivity index (χ1v) is 6.79. The lowest BCUT2D eigenvalue weighted by Crippen LogP contribution is -2.50. The van der Waals surface area contributed by atoms with Crippen molar-refractivity contribution in [3.63, 3.8) is 0 Å². The lowest BCUT2D eigenvalue weighted by molar-refractivity contribution is 0.447. The number of hydrogen-bond acceptors (Lipinski definition) is 2. The molecule has 1 saturated heterocycles. The fourth-order valence-electron chi connectivity index (χ4n) is 2.40. The molecule has 1 heterocycles. The Morgan fingerprint density at radius 1 is 1.29 bits per heavy atom. The van der Waals surface area contributed by atoms with Crippen molar-refractivity contribution in [3.8, 4) is 0 Å². The summed E-state index contributed by atoms with van der Waals surface area (Å²) >= 11 is 0. The van der Waals surface area contributed by atoms with Crippen LogP contribution in [-0.2, 0) is 0 Å². The zero-order valence-corrected chi connectivity index (χ0v) is 11.2.